The van der Waals surface area contributed by atoms with Crippen molar-refractivity contribution < 1.29 is 32.2 Å². The van der Waals surface area contributed by atoms with Crippen molar-refractivity contribution in [3.05, 3.63) is 71.2 Å². The van der Waals surface area contributed by atoms with Gasteiger partial charge in [0.1, 0.15) is 11.6 Å². The first-order chi connectivity index (χ1) is 18.0. The minimum atomic E-state index is -4.67. The molecule has 6 rings (SSSR count). The van der Waals surface area contributed by atoms with Crippen molar-refractivity contribution in [1.82, 2.24) is 15.0 Å². The van der Waals surface area contributed by atoms with Crippen LogP contribution in [-0.2, 0) is 10.9 Å². The largest absolute Gasteiger partial charge is 0.417 e. The fourth-order valence-corrected chi connectivity index (χ4v) is 5.04. The number of carbonyl (C=O) groups is 1. The van der Waals surface area contributed by atoms with E-state index < -0.39 is 40.6 Å². The fraction of sp³-hybridized carbons (Fsp3) is 0.333. The molecule has 0 spiro atoms. The molecule has 2 aromatic heterocycles. The van der Waals surface area contributed by atoms with E-state index in [-0.39, 0.29) is 23.0 Å². The highest BCUT2D eigenvalue weighted by atomic mass is 19.4. The van der Waals surface area contributed by atoms with Gasteiger partial charge in [-0.15, -0.1) is 0 Å². The number of ether oxygens (including phenoxy) is 1. The van der Waals surface area contributed by atoms with Crippen LogP contribution in [0, 0.1) is 5.82 Å². The smallest absolute Gasteiger partial charge is 0.387 e. The molecule has 0 bridgehead atoms. The molecule has 0 radical (unpaired) electrons. The molecule has 198 valence electrons. The number of nitrogens with one attached hydrogen (secondary N) is 2. The molecule has 2 aliphatic rings. The first-order valence-corrected chi connectivity index (χ1v) is 12.2. The van der Waals surface area contributed by atoms with Gasteiger partial charge in [0.2, 0.25) is 0 Å². The number of ketones is 1. The molecule has 2 fully saturated rings. The number of benzene rings is 2. The Morgan fingerprint density at radius 1 is 1.18 bits per heavy atom. The zero-order valence-electron chi connectivity index (χ0n) is 20.3. The second kappa shape index (κ2) is 8.67. The minimum absolute atomic E-state index is 0.0182. The number of aromatic nitrogens is 3. The molecule has 38 heavy (non-hydrogen) atoms. The summed E-state index contributed by atoms with van der Waals surface area (Å²) in [5.41, 5.74) is -1.15. The summed E-state index contributed by atoms with van der Waals surface area (Å²) in [7, 11) is 0. The number of hydrogen-bond acceptors (Lipinski definition) is 5. The lowest BCUT2D eigenvalue weighted by Gasteiger charge is -2.40. The molecule has 7 nitrogen and oxygen atoms in total. The summed E-state index contributed by atoms with van der Waals surface area (Å²) < 4.78 is 61.7. The number of carbonyl (C=O) groups excluding carboxylic acids is 1. The lowest BCUT2D eigenvalue weighted by molar-refractivity contribution is -0.137. The third-order valence-electron chi connectivity index (χ3n) is 7.21. The molecule has 0 amide bonds. The number of morpholine rings is 1. The SMILES string of the molecule is C[C@@H]1CN(c2ccc3[nH]c(-c4cc(C(=O)c5ccccc5C(F)(F)F)c[nH]4)nc3c2F)C[C@H](C2(O)CC2)O1. The third-order valence-corrected chi connectivity index (χ3v) is 7.21. The molecule has 2 atom stereocenters. The van der Waals surface area contributed by atoms with Crippen molar-refractivity contribution in [3.63, 3.8) is 0 Å². The number of aliphatic hydroxyl groups is 1. The van der Waals surface area contributed by atoms with E-state index in [1.807, 2.05) is 11.8 Å². The molecule has 4 aromatic rings. The van der Waals surface area contributed by atoms with Crippen LogP contribution in [0.2, 0.25) is 0 Å². The van der Waals surface area contributed by atoms with E-state index in [1.165, 1.54) is 24.4 Å². The lowest BCUT2D eigenvalue weighted by Crippen LogP contribution is -2.52. The van der Waals surface area contributed by atoms with Gasteiger partial charge in [-0.2, -0.15) is 13.2 Å². The van der Waals surface area contributed by atoms with E-state index >= 15 is 4.39 Å². The Balaban J connectivity index is 1.29. The van der Waals surface area contributed by atoms with Crippen LogP contribution in [0.25, 0.3) is 22.6 Å². The second-order valence-corrected chi connectivity index (χ2v) is 10.00. The number of H-pyrrole nitrogens is 2. The molecule has 2 aromatic carbocycles. The Bertz CT molecular complexity index is 1540. The van der Waals surface area contributed by atoms with Crippen LogP contribution in [0.5, 0.6) is 0 Å². The number of anilines is 1. The van der Waals surface area contributed by atoms with Crippen LogP contribution in [0.3, 0.4) is 0 Å². The van der Waals surface area contributed by atoms with Gasteiger partial charge in [-0.05, 0) is 44.0 Å². The normalized spacial score (nSPS) is 21.2. The van der Waals surface area contributed by atoms with Gasteiger partial charge in [-0.1, -0.05) is 18.2 Å². The molecule has 3 heterocycles. The topological polar surface area (TPSA) is 94.2 Å². The zero-order chi connectivity index (χ0) is 26.8. The van der Waals surface area contributed by atoms with Crippen LogP contribution >= 0.6 is 0 Å². The Hall–Kier alpha value is -3.70. The Morgan fingerprint density at radius 3 is 2.68 bits per heavy atom. The number of fused-ring (bicyclic) bond motifs is 1. The monoisotopic (exact) mass is 528 g/mol. The van der Waals surface area contributed by atoms with Gasteiger partial charge >= 0.3 is 6.18 Å². The van der Waals surface area contributed by atoms with E-state index in [0.29, 0.717) is 42.8 Å². The predicted molar refractivity (Wildman–Crippen MR) is 131 cm³/mol. The van der Waals surface area contributed by atoms with Gasteiger partial charge in [0, 0.05) is 30.4 Å². The number of rotatable bonds is 5. The van der Waals surface area contributed by atoms with Gasteiger partial charge in [0.05, 0.1) is 34.2 Å². The van der Waals surface area contributed by atoms with Gasteiger partial charge in [0.25, 0.3) is 0 Å². The number of alkyl halides is 3. The van der Waals surface area contributed by atoms with Crippen LogP contribution in [0.4, 0.5) is 23.2 Å². The highest BCUT2D eigenvalue weighted by molar-refractivity contribution is 6.10. The fourth-order valence-electron chi connectivity index (χ4n) is 5.04. The van der Waals surface area contributed by atoms with Crippen molar-refractivity contribution in [3.8, 4) is 11.5 Å². The maximum Gasteiger partial charge on any atom is 0.417 e. The third kappa shape index (κ3) is 4.25. The molecular formula is C27H24F4N4O3. The standard InChI is InChI=1S/C27H24F4N4O3/c1-14-12-35(13-21(38-14)26(37)8-9-26)20-7-6-18-23(22(20)28)34-25(33-18)19-10-15(11-32-19)24(36)16-4-2-3-5-17(16)27(29,30)31/h2-7,10-11,14,21,32,37H,8-9,12-13H2,1H3,(H,33,34)/t14-,21-/m1/s1. The first-order valence-electron chi connectivity index (χ1n) is 12.2. The van der Waals surface area contributed by atoms with Crippen LogP contribution in [-0.4, -0.2) is 56.7 Å². The molecule has 1 aliphatic carbocycles. The van der Waals surface area contributed by atoms with E-state index in [1.54, 1.807) is 12.1 Å². The quantitative estimate of drug-likeness (QED) is 0.249. The minimum Gasteiger partial charge on any atom is -0.387 e. The van der Waals surface area contributed by atoms with Crippen molar-refractivity contribution >= 4 is 22.5 Å². The molecule has 1 aliphatic heterocycles. The van der Waals surface area contributed by atoms with Gasteiger partial charge in [-0.25, -0.2) is 9.37 Å². The van der Waals surface area contributed by atoms with E-state index in [9.17, 15) is 23.1 Å². The molecule has 1 saturated heterocycles. The van der Waals surface area contributed by atoms with E-state index in [4.69, 9.17) is 4.74 Å². The highest BCUT2D eigenvalue weighted by Crippen LogP contribution is 2.43. The molecule has 11 heteroatoms. The summed E-state index contributed by atoms with van der Waals surface area (Å²) in [6, 6.07) is 9.32. The van der Waals surface area contributed by atoms with Crippen LogP contribution < -0.4 is 4.90 Å². The summed E-state index contributed by atoms with van der Waals surface area (Å²) in [6.07, 6.45) is -2.66. The summed E-state index contributed by atoms with van der Waals surface area (Å²) in [5, 5.41) is 10.5. The van der Waals surface area contributed by atoms with Crippen molar-refractivity contribution in [2.75, 3.05) is 18.0 Å². The van der Waals surface area contributed by atoms with Crippen molar-refractivity contribution in [1.29, 1.82) is 0 Å². The number of halogens is 4. The molecule has 0 unspecified atom stereocenters. The highest BCUT2D eigenvalue weighted by Gasteiger charge is 2.51. The van der Waals surface area contributed by atoms with Crippen LogP contribution in [0.15, 0.2) is 48.7 Å². The Morgan fingerprint density at radius 2 is 1.95 bits per heavy atom. The van der Waals surface area contributed by atoms with Gasteiger partial charge in [-0.3, -0.25) is 4.79 Å². The van der Waals surface area contributed by atoms with Crippen LogP contribution in [0.1, 0.15) is 41.3 Å². The summed E-state index contributed by atoms with van der Waals surface area (Å²) in [4.78, 5) is 25.0. The maximum absolute atomic E-state index is 15.7. The number of nitrogens with zero attached hydrogens (tertiary/aromatic N) is 2. The lowest BCUT2D eigenvalue weighted by atomic mass is 9.99. The summed E-state index contributed by atoms with van der Waals surface area (Å²) in [6.45, 7) is 2.68. The number of aromatic amines is 2. The van der Waals surface area contributed by atoms with Crippen molar-refractivity contribution in [2.24, 2.45) is 0 Å². The van der Waals surface area contributed by atoms with Gasteiger partial charge in [0.15, 0.2) is 17.4 Å². The number of imidazole rings is 1. The Kier molecular flexibility index (Phi) is 5.62. The van der Waals surface area contributed by atoms with Gasteiger partial charge < -0.3 is 24.7 Å². The Labute approximate surface area is 214 Å². The number of hydrogen-bond donors (Lipinski definition) is 3. The predicted octanol–water partition coefficient (Wildman–Crippen LogP) is 5.07. The molecule has 1 saturated carbocycles. The van der Waals surface area contributed by atoms with Crippen molar-refractivity contribution in [2.45, 2.75) is 43.8 Å². The summed E-state index contributed by atoms with van der Waals surface area (Å²) in [5.74, 6) is -1.10. The van der Waals surface area contributed by atoms with E-state index in [2.05, 4.69) is 15.0 Å². The average Bonchev–Trinajstić information content (AvgIpc) is 3.28. The zero-order valence-corrected chi connectivity index (χ0v) is 20.3. The molecule has 3 N–H and O–H groups in total. The first kappa shape index (κ1) is 24.6. The average molecular weight is 529 g/mol. The molecular weight excluding hydrogens is 504 g/mol. The maximum atomic E-state index is 15.7. The summed E-state index contributed by atoms with van der Waals surface area (Å²) >= 11 is 0. The van der Waals surface area contributed by atoms with E-state index in [0.717, 1.165) is 12.1 Å². The second-order valence-electron chi connectivity index (χ2n) is 10.00.